The van der Waals surface area contributed by atoms with Crippen molar-refractivity contribution in [3.8, 4) is 0 Å². The SMILES string of the molecule is CCCCC/C=C\C/C=C\C/C=C\C/C=C\CCCCCCCCCCCCCC(=O)OC1C(OCC(NC(=O)C(O)CCCCCCCCCCCC/C=C\C/C=C\CCCCC)C(O)/C=C/CCCCCCCCCCCCC)OC(CO)C(O)C1O. The Morgan fingerprint density at radius 3 is 1.18 bits per heavy atom. The van der Waals surface area contributed by atoms with Crippen LogP contribution in [0.4, 0.5) is 0 Å². The predicted octanol–water partition coefficient (Wildman–Crippen LogP) is 19.6. The van der Waals surface area contributed by atoms with Crippen molar-refractivity contribution in [1.29, 1.82) is 0 Å². The Kier molecular flexibility index (Phi) is 61.2. The van der Waals surface area contributed by atoms with E-state index >= 15 is 0 Å². The third-order valence-electron chi connectivity index (χ3n) is 17.3. The Morgan fingerprint density at radius 2 is 0.775 bits per heavy atom. The summed E-state index contributed by atoms with van der Waals surface area (Å²) in [7, 11) is 0. The first-order valence-corrected chi connectivity index (χ1v) is 37.4. The van der Waals surface area contributed by atoms with Gasteiger partial charge in [-0.25, -0.2) is 0 Å². The highest BCUT2D eigenvalue weighted by atomic mass is 16.7. The molecule has 0 aromatic heterocycles. The molecule has 1 heterocycles. The highest BCUT2D eigenvalue weighted by molar-refractivity contribution is 5.80. The largest absolute Gasteiger partial charge is 0.454 e. The monoisotopic (exact) mass is 1250 g/mol. The van der Waals surface area contributed by atoms with Crippen LogP contribution in [0.2, 0.25) is 0 Å². The number of amides is 1. The van der Waals surface area contributed by atoms with Crippen molar-refractivity contribution in [2.45, 2.75) is 384 Å². The van der Waals surface area contributed by atoms with Crippen LogP contribution in [-0.4, -0.2) is 99.6 Å². The van der Waals surface area contributed by atoms with Crippen LogP contribution in [0.5, 0.6) is 0 Å². The van der Waals surface area contributed by atoms with Crippen LogP contribution in [0.3, 0.4) is 0 Å². The molecule has 1 fully saturated rings. The van der Waals surface area contributed by atoms with Crippen molar-refractivity contribution in [3.05, 3.63) is 85.1 Å². The number of esters is 1. The molecule has 516 valence electrons. The van der Waals surface area contributed by atoms with Crippen LogP contribution in [0.1, 0.15) is 335 Å². The molecule has 0 spiro atoms. The number of ether oxygens (including phenoxy) is 3. The normalized spacial score (nSPS) is 18.6. The van der Waals surface area contributed by atoms with E-state index < -0.39 is 67.4 Å². The third-order valence-corrected chi connectivity index (χ3v) is 17.3. The van der Waals surface area contributed by atoms with Gasteiger partial charge >= 0.3 is 5.97 Å². The molecule has 0 saturated carbocycles. The Bertz CT molecular complexity index is 1780. The topological polar surface area (TPSA) is 175 Å². The van der Waals surface area contributed by atoms with Crippen molar-refractivity contribution in [2.24, 2.45) is 0 Å². The predicted molar refractivity (Wildman–Crippen MR) is 375 cm³/mol. The molecule has 8 atom stereocenters. The number of carbonyl (C=O) groups is 2. The van der Waals surface area contributed by atoms with Crippen LogP contribution >= 0.6 is 0 Å². The smallest absolute Gasteiger partial charge is 0.306 e. The molecule has 11 nitrogen and oxygen atoms in total. The van der Waals surface area contributed by atoms with Gasteiger partial charge in [-0.1, -0.05) is 311 Å². The van der Waals surface area contributed by atoms with E-state index in [1.54, 1.807) is 6.08 Å². The molecule has 1 aliphatic heterocycles. The summed E-state index contributed by atoms with van der Waals surface area (Å²) < 4.78 is 17.7. The third kappa shape index (κ3) is 52.0. The van der Waals surface area contributed by atoms with Crippen molar-refractivity contribution >= 4 is 11.9 Å². The number of aliphatic hydroxyl groups is 5. The van der Waals surface area contributed by atoms with E-state index in [0.29, 0.717) is 12.8 Å². The quantitative estimate of drug-likeness (QED) is 0.0195. The molecule has 8 unspecified atom stereocenters. The van der Waals surface area contributed by atoms with Crippen LogP contribution in [-0.2, 0) is 23.8 Å². The molecule has 0 radical (unpaired) electrons. The molecule has 0 aromatic rings. The van der Waals surface area contributed by atoms with Crippen LogP contribution in [0.15, 0.2) is 85.1 Å². The lowest BCUT2D eigenvalue weighted by atomic mass is 9.99. The summed E-state index contributed by atoms with van der Waals surface area (Å²) in [6.45, 7) is 5.78. The van der Waals surface area contributed by atoms with E-state index in [0.717, 1.165) is 96.3 Å². The first-order valence-electron chi connectivity index (χ1n) is 37.4. The summed E-state index contributed by atoms with van der Waals surface area (Å²) >= 11 is 0. The molecule has 0 aromatic carbocycles. The van der Waals surface area contributed by atoms with E-state index in [1.165, 1.54) is 193 Å². The van der Waals surface area contributed by atoms with E-state index in [1.807, 2.05) is 6.08 Å². The Labute approximate surface area is 546 Å². The van der Waals surface area contributed by atoms with Crippen molar-refractivity contribution in [2.75, 3.05) is 13.2 Å². The highest BCUT2D eigenvalue weighted by Gasteiger charge is 2.47. The standard InChI is InChI=1S/C78H139NO10/c1-4-7-10-13-16-19-22-25-27-29-31-33-34-35-36-37-38-39-41-43-45-48-51-54-57-60-63-66-73(83)89-76-75(85)74(84)72(67-80)88-78(76)87-68-69(70(81)64-61-58-55-52-49-46-24-21-18-15-12-9-6-3)79-77(86)71(82)65-62-59-56-53-50-47-44-42-40-32-30-28-26-23-20-17-14-11-8-5-2/h16-17,19-20,25-28,31,33,35-36,61,64,69-72,74-76,78,80-82,84-85H,4-15,18,21-24,29-30,32,34,37-60,62-63,65-68H2,1-3H3,(H,79,86)/b19-16-,20-17-,27-25-,28-26-,33-31-,36-35-,64-61+. The number of hydrogen-bond acceptors (Lipinski definition) is 10. The summed E-state index contributed by atoms with van der Waals surface area (Å²) in [6, 6.07) is -1.03. The second-order valence-corrected chi connectivity index (χ2v) is 25.7. The second kappa shape index (κ2) is 64.9. The minimum atomic E-state index is -1.62. The van der Waals surface area contributed by atoms with Gasteiger partial charge in [-0.15, -0.1) is 0 Å². The number of carbonyl (C=O) groups excluding carboxylic acids is 2. The fraction of sp³-hybridized carbons (Fsp3) is 0.795. The summed E-state index contributed by atoms with van der Waals surface area (Å²) in [4.78, 5) is 26.7. The lowest BCUT2D eigenvalue weighted by Gasteiger charge is -2.41. The molecule has 1 aliphatic rings. The van der Waals surface area contributed by atoms with Gasteiger partial charge in [0.25, 0.3) is 0 Å². The Hall–Kier alpha value is -3.16. The molecule has 1 saturated heterocycles. The van der Waals surface area contributed by atoms with Gasteiger partial charge < -0.3 is 45.1 Å². The summed E-state index contributed by atoms with van der Waals surface area (Å²) in [5.74, 6) is -1.19. The zero-order chi connectivity index (χ0) is 64.6. The first kappa shape index (κ1) is 83.9. The van der Waals surface area contributed by atoms with Gasteiger partial charge in [-0.2, -0.15) is 0 Å². The van der Waals surface area contributed by atoms with Gasteiger partial charge in [-0.05, 0) is 103 Å². The average Bonchev–Trinajstić information content (AvgIpc) is 1.85. The van der Waals surface area contributed by atoms with Crippen LogP contribution in [0, 0.1) is 0 Å². The second-order valence-electron chi connectivity index (χ2n) is 25.7. The van der Waals surface area contributed by atoms with Gasteiger partial charge in [0.2, 0.25) is 5.91 Å². The number of unbranched alkanes of at least 4 members (excludes halogenated alkanes) is 38. The number of nitrogens with one attached hydrogen (secondary N) is 1. The van der Waals surface area contributed by atoms with Gasteiger partial charge in [0.1, 0.15) is 24.4 Å². The minimum absolute atomic E-state index is 0.117. The molecule has 1 rings (SSSR count). The van der Waals surface area contributed by atoms with Crippen molar-refractivity contribution < 1.29 is 49.3 Å². The Morgan fingerprint density at radius 1 is 0.438 bits per heavy atom. The van der Waals surface area contributed by atoms with E-state index in [4.69, 9.17) is 14.2 Å². The minimum Gasteiger partial charge on any atom is -0.454 e. The number of hydrogen-bond donors (Lipinski definition) is 6. The van der Waals surface area contributed by atoms with Gasteiger partial charge in [0, 0.05) is 6.42 Å². The molecule has 11 heteroatoms. The number of allylic oxidation sites excluding steroid dienone is 13. The van der Waals surface area contributed by atoms with E-state index in [-0.39, 0.29) is 19.4 Å². The van der Waals surface area contributed by atoms with Gasteiger partial charge in [-0.3, -0.25) is 9.59 Å². The van der Waals surface area contributed by atoms with Crippen LogP contribution < -0.4 is 5.32 Å². The molecule has 6 N–H and O–H groups in total. The van der Waals surface area contributed by atoms with E-state index in [9.17, 15) is 35.1 Å². The lowest BCUT2D eigenvalue weighted by Crippen LogP contribution is -2.61. The maximum Gasteiger partial charge on any atom is 0.306 e. The Balaban J connectivity index is 2.56. The molecule has 0 aliphatic carbocycles. The fourth-order valence-electron chi connectivity index (χ4n) is 11.4. The lowest BCUT2D eigenvalue weighted by molar-refractivity contribution is -0.305. The summed E-state index contributed by atoms with van der Waals surface area (Å²) in [6.07, 6.45) is 76.1. The fourth-order valence-corrected chi connectivity index (χ4v) is 11.4. The van der Waals surface area contributed by atoms with Crippen molar-refractivity contribution in [1.82, 2.24) is 5.32 Å². The maximum atomic E-state index is 13.5. The van der Waals surface area contributed by atoms with E-state index in [2.05, 4.69) is 99.0 Å². The van der Waals surface area contributed by atoms with Gasteiger partial charge in [0.15, 0.2) is 12.4 Å². The number of rotatable bonds is 64. The summed E-state index contributed by atoms with van der Waals surface area (Å²) in [5.41, 5.74) is 0. The maximum absolute atomic E-state index is 13.5. The average molecular weight is 1250 g/mol. The molecule has 89 heavy (non-hydrogen) atoms. The molecule has 1 amide bonds. The highest BCUT2D eigenvalue weighted by Crippen LogP contribution is 2.26. The summed E-state index contributed by atoms with van der Waals surface area (Å²) in [5, 5.41) is 57.3. The van der Waals surface area contributed by atoms with Crippen LogP contribution in [0.25, 0.3) is 0 Å². The molecular weight excluding hydrogens is 1110 g/mol. The molecular formula is C78H139NO10. The zero-order valence-corrected chi connectivity index (χ0v) is 57.5. The van der Waals surface area contributed by atoms with Crippen molar-refractivity contribution in [3.63, 3.8) is 0 Å². The number of aliphatic hydroxyl groups excluding tert-OH is 5. The first-order chi connectivity index (χ1) is 43.7. The zero-order valence-electron chi connectivity index (χ0n) is 57.5. The van der Waals surface area contributed by atoms with Gasteiger partial charge in [0.05, 0.1) is 25.4 Å². The molecule has 0 bridgehead atoms.